The van der Waals surface area contributed by atoms with E-state index in [1.807, 2.05) is 101 Å². The highest BCUT2D eigenvalue weighted by molar-refractivity contribution is 7.18. The molecule has 0 aliphatic heterocycles. The van der Waals surface area contributed by atoms with E-state index in [4.69, 9.17) is 21.7 Å². The van der Waals surface area contributed by atoms with Gasteiger partial charge in [0.15, 0.2) is 0 Å². The SMILES string of the molecule is Cc1nc(-c2ccccc2)sc1-c1nn(-c2ccccc2)cc1-c1cn(Cc2ccc(Cl)cc2)nn1. The van der Waals surface area contributed by atoms with E-state index in [0.29, 0.717) is 11.6 Å². The van der Waals surface area contributed by atoms with Gasteiger partial charge in [-0.05, 0) is 36.8 Å². The Balaban J connectivity index is 1.42. The van der Waals surface area contributed by atoms with E-state index in [9.17, 15) is 0 Å². The van der Waals surface area contributed by atoms with Crippen molar-refractivity contribution in [1.29, 1.82) is 0 Å². The van der Waals surface area contributed by atoms with E-state index < -0.39 is 0 Å². The van der Waals surface area contributed by atoms with Crippen LogP contribution < -0.4 is 0 Å². The van der Waals surface area contributed by atoms with Crippen molar-refractivity contribution in [3.05, 3.63) is 114 Å². The van der Waals surface area contributed by atoms with E-state index in [1.165, 1.54) is 0 Å². The lowest BCUT2D eigenvalue weighted by Crippen LogP contribution is -1.99. The van der Waals surface area contributed by atoms with Crippen molar-refractivity contribution in [1.82, 2.24) is 29.8 Å². The Morgan fingerprint density at radius 1 is 0.861 bits per heavy atom. The van der Waals surface area contributed by atoms with Crippen LogP contribution in [0.1, 0.15) is 11.3 Å². The number of nitrogens with zero attached hydrogens (tertiary/aromatic N) is 6. The highest BCUT2D eigenvalue weighted by Crippen LogP contribution is 2.39. The molecule has 0 N–H and O–H groups in total. The summed E-state index contributed by atoms with van der Waals surface area (Å²) in [7, 11) is 0. The Hall–Kier alpha value is -4.07. The molecule has 3 aromatic heterocycles. The minimum absolute atomic E-state index is 0.601. The van der Waals surface area contributed by atoms with Crippen molar-refractivity contribution in [3.63, 3.8) is 0 Å². The lowest BCUT2D eigenvalue weighted by atomic mass is 10.1. The van der Waals surface area contributed by atoms with E-state index in [-0.39, 0.29) is 0 Å². The molecule has 0 amide bonds. The van der Waals surface area contributed by atoms with Gasteiger partial charge in [0.25, 0.3) is 0 Å². The predicted molar refractivity (Wildman–Crippen MR) is 144 cm³/mol. The number of aromatic nitrogens is 6. The topological polar surface area (TPSA) is 61.4 Å². The zero-order valence-electron chi connectivity index (χ0n) is 19.4. The largest absolute Gasteiger partial charge is 0.247 e. The number of hydrogen-bond acceptors (Lipinski definition) is 5. The molecular formula is C28H21ClN6S. The van der Waals surface area contributed by atoms with Crippen molar-refractivity contribution in [2.45, 2.75) is 13.5 Å². The molecule has 0 bridgehead atoms. The van der Waals surface area contributed by atoms with Gasteiger partial charge in [0.1, 0.15) is 16.4 Å². The number of halogens is 1. The van der Waals surface area contributed by atoms with Crippen LogP contribution in [0.15, 0.2) is 97.3 Å². The van der Waals surface area contributed by atoms with Crippen molar-refractivity contribution in [2.24, 2.45) is 0 Å². The number of hydrogen-bond donors (Lipinski definition) is 0. The molecule has 3 heterocycles. The number of aryl methyl sites for hydroxylation is 1. The molecule has 0 aliphatic rings. The van der Waals surface area contributed by atoms with Crippen molar-refractivity contribution < 1.29 is 0 Å². The van der Waals surface area contributed by atoms with Gasteiger partial charge in [0.05, 0.1) is 34.6 Å². The summed E-state index contributed by atoms with van der Waals surface area (Å²) >= 11 is 7.67. The standard InChI is InChI=1S/C28H21ClN6S/c1-19-27(36-28(30-19)21-8-4-2-5-9-21)26-24(17-35(32-26)23-10-6-3-7-11-23)25-18-34(33-31-25)16-20-12-14-22(29)15-13-20/h2-15,17-18H,16H2,1H3. The van der Waals surface area contributed by atoms with E-state index in [1.54, 1.807) is 11.3 Å². The molecule has 0 saturated heterocycles. The molecule has 36 heavy (non-hydrogen) atoms. The maximum Gasteiger partial charge on any atom is 0.124 e. The van der Waals surface area contributed by atoms with Gasteiger partial charge in [-0.15, -0.1) is 16.4 Å². The maximum atomic E-state index is 6.03. The number of thiazole rings is 1. The van der Waals surface area contributed by atoms with Gasteiger partial charge in [-0.3, -0.25) is 0 Å². The molecule has 6 rings (SSSR count). The summed E-state index contributed by atoms with van der Waals surface area (Å²) in [5.74, 6) is 0. The third-order valence-corrected chi connectivity index (χ3v) is 7.31. The average molecular weight is 509 g/mol. The molecule has 0 radical (unpaired) electrons. The smallest absolute Gasteiger partial charge is 0.124 e. The van der Waals surface area contributed by atoms with Gasteiger partial charge in [0.2, 0.25) is 0 Å². The molecule has 0 fully saturated rings. The Kier molecular flexibility index (Phi) is 5.93. The maximum absolute atomic E-state index is 6.03. The lowest BCUT2D eigenvalue weighted by molar-refractivity contribution is 0.650. The van der Waals surface area contributed by atoms with Gasteiger partial charge in [-0.25, -0.2) is 14.3 Å². The molecule has 3 aromatic carbocycles. The van der Waals surface area contributed by atoms with Gasteiger partial charge in [0, 0.05) is 16.8 Å². The summed E-state index contributed by atoms with van der Waals surface area (Å²) in [4.78, 5) is 5.88. The van der Waals surface area contributed by atoms with Crippen LogP contribution in [0, 0.1) is 6.92 Å². The molecule has 0 unspecified atom stereocenters. The van der Waals surface area contributed by atoms with Crippen LogP contribution in [-0.2, 0) is 6.54 Å². The second kappa shape index (κ2) is 9.53. The van der Waals surface area contributed by atoms with Crippen LogP contribution in [0.25, 0.3) is 38.1 Å². The van der Waals surface area contributed by atoms with Crippen LogP contribution in [0.3, 0.4) is 0 Å². The molecule has 176 valence electrons. The molecular weight excluding hydrogens is 488 g/mol. The quantitative estimate of drug-likeness (QED) is 0.244. The Morgan fingerprint density at radius 3 is 2.33 bits per heavy atom. The Morgan fingerprint density at radius 2 is 1.58 bits per heavy atom. The van der Waals surface area contributed by atoms with E-state index >= 15 is 0 Å². The predicted octanol–water partition coefficient (Wildman–Crippen LogP) is 6.93. The fraction of sp³-hybridized carbons (Fsp3) is 0.0714. The zero-order valence-corrected chi connectivity index (χ0v) is 21.0. The van der Waals surface area contributed by atoms with Crippen LogP contribution in [0.2, 0.25) is 5.02 Å². The molecule has 0 aliphatic carbocycles. The average Bonchev–Trinajstić information content (AvgIpc) is 3.65. The fourth-order valence-electron chi connectivity index (χ4n) is 4.04. The third kappa shape index (κ3) is 4.46. The summed E-state index contributed by atoms with van der Waals surface area (Å²) in [6.45, 7) is 2.63. The van der Waals surface area contributed by atoms with E-state index in [0.717, 1.165) is 49.3 Å². The van der Waals surface area contributed by atoms with Crippen molar-refractivity contribution in [2.75, 3.05) is 0 Å². The lowest BCUT2D eigenvalue weighted by Gasteiger charge is -2.00. The minimum atomic E-state index is 0.601. The molecule has 6 nitrogen and oxygen atoms in total. The summed E-state index contributed by atoms with van der Waals surface area (Å²) in [5.41, 5.74) is 6.62. The van der Waals surface area contributed by atoms with Gasteiger partial charge >= 0.3 is 0 Å². The van der Waals surface area contributed by atoms with Crippen molar-refractivity contribution in [3.8, 4) is 38.1 Å². The number of para-hydroxylation sites is 1. The first-order chi connectivity index (χ1) is 17.6. The van der Waals surface area contributed by atoms with Gasteiger partial charge < -0.3 is 0 Å². The Bertz CT molecular complexity index is 1620. The van der Waals surface area contributed by atoms with Crippen LogP contribution >= 0.6 is 22.9 Å². The first-order valence-corrected chi connectivity index (χ1v) is 12.7. The first-order valence-electron chi connectivity index (χ1n) is 11.5. The summed E-state index contributed by atoms with van der Waals surface area (Å²) in [5, 5.41) is 15.6. The third-order valence-electron chi connectivity index (χ3n) is 5.84. The Labute approximate surface area is 217 Å². The minimum Gasteiger partial charge on any atom is -0.247 e. The second-order valence-electron chi connectivity index (χ2n) is 8.40. The first kappa shape index (κ1) is 22.4. The monoisotopic (exact) mass is 508 g/mol. The zero-order chi connectivity index (χ0) is 24.5. The second-order valence-corrected chi connectivity index (χ2v) is 9.83. The molecule has 0 saturated carbocycles. The molecule has 8 heteroatoms. The molecule has 6 aromatic rings. The highest BCUT2D eigenvalue weighted by Gasteiger charge is 2.21. The van der Waals surface area contributed by atoms with Gasteiger partial charge in [-0.2, -0.15) is 5.10 Å². The molecule has 0 atom stereocenters. The summed E-state index contributed by atoms with van der Waals surface area (Å²) < 4.78 is 3.72. The summed E-state index contributed by atoms with van der Waals surface area (Å²) in [6, 6.07) is 28.1. The molecule has 0 spiro atoms. The fourth-order valence-corrected chi connectivity index (χ4v) is 5.24. The summed E-state index contributed by atoms with van der Waals surface area (Å²) in [6.07, 6.45) is 3.97. The van der Waals surface area contributed by atoms with Crippen LogP contribution in [0.4, 0.5) is 0 Å². The van der Waals surface area contributed by atoms with Crippen molar-refractivity contribution >= 4 is 22.9 Å². The highest BCUT2D eigenvalue weighted by atomic mass is 35.5. The van der Waals surface area contributed by atoms with Crippen LogP contribution in [0.5, 0.6) is 0 Å². The van der Waals surface area contributed by atoms with Crippen LogP contribution in [-0.4, -0.2) is 29.8 Å². The number of rotatable bonds is 6. The number of benzene rings is 3. The normalized spacial score (nSPS) is 11.2. The van der Waals surface area contributed by atoms with Gasteiger partial charge in [-0.1, -0.05) is 77.5 Å². The van der Waals surface area contributed by atoms with E-state index in [2.05, 4.69) is 22.4 Å².